The summed E-state index contributed by atoms with van der Waals surface area (Å²) in [4.78, 5) is 18.8. The second kappa shape index (κ2) is 10.3. The zero-order valence-electron chi connectivity index (χ0n) is 19.9. The summed E-state index contributed by atoms with van der Waals surface area (Å²) in [5.41, 5.74) is 3.46. The summed E-state index contributed by atoms with van der Waals surface area (Å²) >= 11 is 0. The van der Waals surface area contributed by atoms with E-state index in [1.807, 2.05) is 25.2 Å². The molecule has 3 rings (SSSR count). The molecule has 0 atom stereocenters. The number of aliphatic hydroxyl groups excluding tert-OH is 1. The molecule has 1 amide bonds. The van der Waals surface area contributed by atoms with E-state index in [-0.39, 0.29) is 23.2 Å². The highest BCUT2D eigenvalue weighted by atomic mass is 19.1. The maximum absolute atomic E-state index is 15.6. The second-order valence-corrected chi connectivity index (χ2v) is 9.52. The number of nitrogens with zero attached hydrogens (tertiary/aromatic N) is 2. The third-order valence-corrected chi connectivity index (χ3v) is 6.03. The summed E-state index contributed by atoms with van der Waals surface area (Å²) in [5.74, 6) is -0.431. The number of halogens is 1. The van der Waals surface area contributed by atoms with Crippen molar-refractivity contribution in [3.8, 4) is 11.1 Å². The van der Waals surface area contributed by atoms with Crippen molar-refractivity contribution in [1.82, 2.24) is 9.88 Å². The molecule has 174 valence electrons. The first-order valence-electron chi connectivity index (χ1n) is 11.4. The topological polar surface area (TPSA) is 53.4 Å². The standard InChI is InChI=1S/C28H33FN2O2/c1-6-7-22(16-19(2)28(3,4)5)25-18-30-17-24(26(25)29)20-8-10-21(11-9-20)27(33)31-14-12-23(32)13-15-31/h6-11,16-18,23,32H,2,12-15H2,1,3-5H3/b7-6-,22-16+. The minimum absolute atomic E-state index is 0.0696. The molecule has 1 N–H and O–H groups in total. The molecular formula is C28H33FN2O2. The largest absolute Gasteiger partial charge is 0.393 e. The van der Waals surface area contributed by atoms with E-state index < -0.39 is 0 Å². The zero-order valence-corrected chi connectivity index (χ0v) is 19.9. The van der Waals surface area contributed by atoms with Crippen LogP contribution in [0.3, 0.4) is 0 Å². The van der Waals surface area contributed by atoms with Crippen LogP contribution < -0.4 is 0 Å². The number of amides is 1. The summed E-state index contributed by atoms with van der Waals surface area (Å²) in [7, 11) is 0. The first kappa shape index (κ1) is 24.6. The number of piperidine rings is 1. The van der Waals surface area contributed by atoms with Crippen LogP contribution in [-0.2, 0) is 0 Å². The predicted molar refractivity (Wildman–Crippen MR) is 132 cm³/mol. The normalized spacial score (nSPS) is 15.8. The van der Waals surface area contributed by atoms with Gasteiger partial charge in [0, 0.05) is 42.2 Å². The van der Waals surface area contributed by atoms with Crippen molar-refractivity contribution in [1.29, 1.82) is 0 Å². The van der Waals surface area contributed by atoms with Crippen LogP contribution >= 0.6 is 0 Å². The van der Waals surface area contributed by atoms with E-state index in [4.69, 9.17) is 0 Å². The molecule has 0 radical (unpaired) electrons. The highest BCUT2D eigenvalue weighted by Gasteiger charge is 2.22. The molecule has 0 aliphatic carbocycles. The number of rotatable bonds is 5. The fourth-order valence-electron chi connectivity index (χ4n) is 3.69. The molecular weight excluding hydrogens is 415 g/mol. The van der Waals surface area contributed by atoms with Gasteiger partial charge in [-0.25, -0.2) is 4.39 Å². The minimum atomic E-state index is -0.361. The molecule has 2 aromatic rings. The van der Waals surface area contributed by atoms with Crippen molar-refractivity contribution in [2.24, 2.45) is 5.41 Å². The lowest BCUT2D eigenvalue weighted by Gasteiger charge is -2.29. The molecule has 1 saturated heterocycles. The lowest BCUT2D eigenvalue weighted by atomic mass is 9.85. The van der Waals surface area contributed by atoms with Gasteiger partial charge in [0.15, 0.2) is 0 Å². The van der Waals surface area contributed by atoms with Gasteiger partial charge >= 0.3 is 0 Å². The number of likely N-dealkylation sites (tertiary alicyclic amines) is 1. The Morgan fingerprint density at radius 3 is 2.39 bits per heavy atom. The van der Waals surface area contributed by atoms with Gasteiger partial charge in [0.1, 0.15) is 5.82 Å². The molecule has 33 heavy (non-hydrogen) atoms. The van der Waals surface area contributed by atoms with Crippen LogP contribution in [0.1, 0.15) is 56.5 Å². The lowest BCUT2D eigenvalue weighted by Crippen LogP contribution is -2.40. The van der Waals surface area contributed by atoms with Gasteiger partial charge in [0.25, 0.3) is 5.91 Å². The molecule has 5 heteroatoms. The van der Waals surface area contributed by atoms with Gasteiger partial charge in [-0.1, -0.05) is 57.7 Å². The molecule has 0 spiro atoms. The van der Waals surface area contributed by atoms with E-state index in [9.17, 15) is 9.90 Å². The van der Waals surface area contributed by atoms with E-state index in [2.05, 4.69) is 32.3 Å². The van der Waals surface area contributed by atoms with E-state index in [1.165, 1.54) is 12.4 Å². The third-order valence-electron chi connectivity index (χ3n) is 6.03. The van der Waals surface area contributed by atoms with E-state index in [1.54, 1.807) is 29.2 Å². The fourth-order valence-corrected chi connectivity index (χ4v) is 3.69. The predicted octanol–water partition coefficient (Wildman–Crippen LogP) is 6.05. The lowest BCUT2D eigenvalue weighted by molar-refractivity contribution is 0.0546. The van der Waals surface area contributed by atoms with E-state index in [0.29, 0.717) is 53.8 Å². The Kier molecular flexibility index (Phi) is 7.65. The van der Waals surface area contributed by atoms with E-state index in [0.717, 1.165) is 5.57 Å². The molecule has 0 unspecified atom stereocenters. The van der Waals surface area contributed by atoms with Crippen LogP contribution in [0.4, 0.5) is 4.39 Å². The van der Waals surface area contributed by atoms with Gasteiger partial charge in [-0.3, -0.25) is 9.78 Å². The Morgan fingerprint density at radius 1 is 1.18 bits per heavy atom. The number of pyridine rings is 1. The molecule has 0 bridgehead atoms. The Morgan fingerprint density at radius 2 is 1.82 bits per heavy atom. The summed E-state index contributed by atoms with van der Waals surface area (Å²) in [5, 5.41) is 9.66. The van der Waals surface area contributed by atoms with Crippen molar-refractivity contribution >= 4 is 11.5 Å². The van der Waals surface area contributed by atoms with Crippen molar-refractivity contribution in [2.45, 2.75) is 46.6 Å². The first-order valence-corrected chi connectivity index (χ1v) is 11.4. The second-order valence-electron chi connectivity index (χ2n) is 9.52. The number of allylic oxidation sites excluding steroid dienone is 5. The van der Waals surface area contributed by atoms with Crippen molar-refractivity contribution < 1.29 is 14.3 Å². The van der Waals surface area contributed by atoms with Crippen LogP contribution in [0.25, 0.3) is 16.7 Å². The van der Waals surface area contributed by atoms with Crippen LogP contribution in [0, 0.1) is 11.2 Å². The van der Waals surface area contributed by atoms with Gasteiger partial charge in [0.2, 0.25) is 0 Å². The van der Waals surface area contributed by atoms with Gasteiger partial charge in [-0.2, -0.15) is 0 Å². The Hall–Kier alpha value is -3.05. The molecule has 1 aromatic heterocycles. The van der Waals surface area contributed by atoms with Crippen LogP contribution in [-0.4, -0.2) is 40.1 Å². The average molecular weight is 449 g/mol. The van der Waals surface area contributed by atoms with Gasteiger partial charge in [-0.15, -0.1) is 0 Å². The smallest absolute Gasteiger partial charge is 0.253 e. The molecule has 1 aliphatic rings. The Balaban J connectivity index is 1.90. The molecule has 4 nitrogen and oxygen atoms in total. The Bertz CT molecular complexity index is 1070. The number of hydrogen-bond donors (Lipinski definition) is 1. The molecule has 0 saturated carbocycles. The van der Waals surface area contributed by atoms with Crippen molar-refractivity contribution in [3.63, 3.8) is 0 Å². The summed E-state index contributed by atoms with van der Waals surface area (Å²) < 4.78 is 15.6. The molecule has 1 aromatic carbocycles. The summed E-state index contributed by atoms with van der Waals surface area (Å²) in [6.07, 6.45) is 9.53. The molecule has 1 fully saturated rings. The van der Waals surface area contributed by atoms with Crippen molar-refractivity contribution in [3.05, 3.63) is 84.0 Å². The first-order chi connectivity index (χ1) is 15.6. The summed E-state index contributed by atoms with van der Waals surface area (Å²) in [6, 6.07) is 6.95. The quantitative estimate of drug-likeness (QED) is 0.567. The summed E-state index contributed by atoms with van der Waals surface area (Å²) in [6.45, 7) is 13.3. The van der Waals surface area contributed by atoms with Gasteiger partial charge in [0.05, 0.1) is 6.10 Å². The minimum Gasteiger partial charge on any atom is -0.393 e. The number of hydrogen-bond acceptors (Lipinski definition) is 3. The van der Waals surface area contributed by atoms with Gasteiger partial charge in [-0.05, 0) is 54.0 Å². The highest BCUT2D eigenvalue weighted by molar-refractivity contribution is 5.94. The SMILES string of the molecule is C=C(/C=C(\C=C/C)c1cncc(-c2ccc(C(=O)N3CCC(O)CC3)cc2)c1F)C(C)(C)C. The number of aromatic nitrogens is 1. The third kappa shape index (κ3) is 5.85. The highest BCUT2D eigenvalue weighted by Crippen LogP contribution is 2.32. The number of benzene rings is 1. The van der Waals surface area contributed by atoms with Gasteiger partial charge < -0.3 is 10.0 Å². The van der Waals surface area contributed by atoms with Crippen LogP contribution in [0.15, 0.2) is 67.0 Å². The van der Waals surface area contributed by atoms with Crippen LogP contribution in [0.5, 0.6) is 0 Å². The zero-order chi connectivity index (χ0) is 24.2. The maximum atomic E-state index is 15.6. The Labute approximate surface area is 196 Å². The number of aliphatic hydroxyl groups is 1. The molecule has 1 aliphatic heterocycles. The number of carbonyl (C=O) groups is 1. The average Bonchev–Trinajstić information content (AvgIpc) is 2.78. The molecule has 2 heterocycles. The number of carbonyl (C=O) groups excluding carboxylic acids is 1. The monoisotopic (exact) mass is 448 g/mol. The van der Waals surface area contributed by atoms with Crippen LogP contribution in [0.2, 0.25) is 0 Å². The van der Waals surface area contributed by atoms with E-state index >= 15 is 4.39 Å². The maximum Gasteiger partial charge on any atom is 0.253 e. The fraction of sp³-hybridized carbons (Fsp3) is 0.357. The van der Waals surface area contributed by atoms with Crippen molar-refractivity contribution in [2.75, 3.05) is 13.1 Å².